The number of aryl methyl sites for hydroxylation is 1. The van der Waals surface area contributed by atoms with Crippen LogP contribution in [-0.4, -0.2) is 23.4 Å². The second-order valence-corrected chi connectivity index (χ2v) is 7.18. The number of carbonyl (C=O) groups is 2. The maximum atomic E-state index is 12.9. The molecule has 2 rings (SSSR count). The van der Waals surface area contributed by atoms with Crippen LogP contribution in [0.3, 0.4) is 0 Å². The highest BCUT2D eigenvalue weighted by Gasteiger charge is 2.47. The Morgan fingerprint density at radius 1 is 1.29 bits per heavy atom. The van der Waals surface area contributed by atoms with E-state index in [-0.39, 0.29) is 17.7 Å². The zero-order valence-corrected chi connectivity index (χ0v) is 14.6. The van der Waals surface area contributed by atoms with Crippen molar-refractivity contribution in [2.24, 2.45) is 5.92 Å². The molecule has 4 nitrogen and oxygen atoms in total. The van der Waals surface area contributed by atoms with Crippen LogP contribution >= 0.6 is 15.9 Å². The van der Waals surface area contributed by atoms with Crippen molar-refractivity contribution in [3.05, 3.63) is 28.2 Å². The van der Waals surface area contributed by atoms with E-state index in [1.165, 1.54) is 0 Å². The first kappa shape index (κ1) is 16.0. The molecule has 1 aliphatic heterocycles. The minimum atomic E-state index is -0.897. The highest BCUT2D eigenvalue weighted by molar-refractivity contribution is 9.10. The average molecular weight is 353 g/mol. The molecule has 1 saturated heterocycles. The van der Waals surface area contributed by atoms with Crippen LogP contribution in [0.2, 0.25) is 0 Å². The number of halogens is 1. The molecule has 0 aromatic heterocycles. The lowest BCUT2D eigenvalue weighted by molar-refractivity contribution is -0.138. The summed E-state index contributed by atoms with van der Waals surface area (Å²) in [6.07, 6.45) is 0. The number of carbonyl (C=O) groups excluding carboxylic acids is 2. The zero-order valence-electron chi connectivity index (χ0n) is 13.0. The van der Waals surface area contributed by atoms with Crippen molar-refractivity contribution in [2.75, 3.05) is 4.90 Å². The van der Waals surface area contributed by atoms with E-state index < -0.39 is 11.6 Å². The number of hydrogen-bond acceptors (Lipinski definition) is 2. The van der Waals surface area contributed by atoms with Gasteiger partial charge in [-0.05, 0) is 54.2 Å². The molecule has 0 spiro atoms. The Kier molecular flexibility index (Phi) is 4.15. The molecule has 0 saturated carbocycles. The van der Waals surface area contributed by atoms with Gasteiger partial charge in [-0.3, -0.25) is 14.5 Å². The summed E-state index contributed by atoms with van der Waals surface area (Å²) in [6.45, 7) is 9.34. The molecule has 114 valence electrons. The average Bonchev–Trinajstić information content (AvgIpc) is 2.36. The van der Waals surface area contributed by atoms with Crippen LogP contribution in [-0.2, 0) is 9.59 Å². The lowest BCUT2D eigenvalue weighted by Crippen LogP contribution is -2.69. The molecule has 1 aromatic rings. The number of hydrogen-bond donors (Lipinski definition) is 1. The van der Waals surface area contributed by atoms with E-state index in [0.717, 1.165) is 15.7 Å². The Bertz CT molecular complexity index is 596. The van der Waals surface area contributed by atoms with Gasteiger partial charge in [0.15, 0.2) is 0 Å². The van der Waals surface area contributed by atoms with E-state index in [0.29, 0.717) is 0 Å². The van der Waals surface area contributed by atoms with E-state index in [9.17, 15) is 9.59 Å². The second-order valence-electron chi connectivity index (χ2n) is 6.39. The van der Waals surface area contributed by atoms with Crippen LogP contribution in [0, 0.1) is 12.8 Å². The monoisotopic (exact) mass is 352 g/mol. The standard InChI is InChI=1S/C16H21BrN2O2/c1-9(2)13-14(20)18-16(4,5)15(21)19(13)11-8-6-7-10(3)12(11)17/h6-9,13H,1-5H3,(H,18,20). The highest BCUT2D eigenvalue weighted by Crippen LogP contribution is 2.35. The number of amides is 2. The summed E-state index contributed by atoms with van der Waals surface area (Å²) in [4.78, 5) is 27.0. The number of rotatable bonds is 2. The fraction of sp³-hybridized carbons (Fsp3) is 0.500. The third-order valence-electron chi connectivity index (χ3n) is 3.80. The Labute approximate surface area is 134 Å². The largest absolute Gasteiger partial charge is 0.340 e. The number of piperazine rings is 1. The molecule has 1 heterocycles. The normalized spacial score (nSPS) is 21.7. The Morgan fingerprint density at radius 2 is 1.90 bits per heavy atom. The van der Waals surface area contributed by atoms with Gasteiger partial charge in [0.25, 0.3) is 5.91 Å². The van der Waals surface area contributed by atoms with Gasteiger partial charge >= 0.3 is 0 Å². The van der Waals surface area contributed by atoms with E-state index in [4.69, 9.17) is 0 Å². The number of nitrogens with one attached hydrogen (secondary N) is 1. The predicted octanol–water partition coefficient (Wildman–Crippen LogP) is 3.02. The number of benzene rings is 1. The Balaban J connectivity index is 2.61. The lowest BCUT2D eigenvalue weighted by Gasteiger charge is -2.44. The van der Waals surface area contributed by atoms with Crippen molar-refractivity contribution in [1.29, 1.82) is 0 Å². The van der Waals surface area contributed by atoms with Crippen molar-refractivity contribution in [3.8, 4) is 0 Å². The minimum absolute atomic E-state index is 0.0254. The van der Waals surface area contributed by atoms with Crippen molar-refractivity contribution in [2.45, 2.75) is 46.2 Å². The fourth-order valence-electron chi connectivity index (χ4n) is 2.66. The van der Waals surface area contributed by atoms with Crippen LogP contribution in [0.5, 0.6) is 0 Å². The van der Waals surface area contributed by atoms with Gasteiger partial charge in [0, 0.05) is 4.47 Å². The molecule has 1 atom stereocenters. The van der Waals surface area contributed by atoms with Gasteiger partial charge < -0.3 is 5.32 Å². The molecule has 1 fully saturated rings. The van der Waals surface area contributed by atoms with E-state index >= 15 is 0 Å². The van der Waals surface area contributed by atoms with Crippen molar-refractivity contribution >= 4 is 33.4 Å². The van der Waals surface area contributed by atoms with Crippen molar-refractivity contribution < 1.29 is 9.59 Å². The Hall–Kier alpha value is -1.36. The van der Waals surface area contributed by atoms with E-state index in [1.54, 1.807) is 18.7 Å². The molecule has 1 aromatic carbocycles. The molecular formula is C16H21BrN2O2. The molecule has 21 heavy (non-hydrogen) atoms. The summed E-state index contributed by atoms with van der Waals surface area (Å²) in [5, 5.41) is 2.83. The van der Waals surface area contributed by atoms with Crippen molar-refractivity contribution in [1.82, 2.24) is 5.32 Å². The van der Waals surface area contributed by atoms with Gasteiger partial charge in [-0.25, -0.2) is 0 Å². The van der Waals surface area contributed by atoms with Gasteiger partial charge in [0.05, 0.1) is 5.69 Å². The molecule has 2 amide bonds. The summed E-state index contributed by atoms with van der Waals surface area (Å²) in [7, 11) is 0. The number of anilines is 1. The molecule has 1 N–H and O–H groups in total. The number of nitrogens with zero attached hydrogens (tertiary/aromatic N) is 1. The summed E-state index contributed by atoms with van der Waals surface area (Å²) < 4.78 is 0.856. The molecule has 0 bridgehead atoms. The van der Waals surface area contributed by atoms with Crippen LogP contribution < -0.4 is 10.2 Å². The summed E-state index contributed by atoms with van der Waals surface area (Å²) in [5.41, 5.74) is 0.888. The van der Waals surface area contributed by atoms with Crippen LogP contribution in [0.15, 0.2) is 22.7 Å². The smallest absolute Gasteiger partial charge is 0.252 e. The van der Waals surface area contributed by atoms with Crippen LogP contribution in [0.4, 0.5) is 5.69 Å². The summed E-state index contributed by atoms with van der Waals surface area (Å²) in [6, 6.07) is 5.25. The fourth-order valence-corrected chi connectivity index (χ4v) is 3.11. The van der Waals surface area contributed by atoms with E-state index in [2.05, 4.69) is 21.2 Å². The quantitative estimate of drug-likeness (QED) is 0.889. The zero-order chi connectivity index (χ0) is 15.9. The first-order chi connectivity index (χ1) is 9.66. The SMILES string of the molecule is Cc1cccc(N2C(=O)C(C)(C)NC(=O)C2C(C)C)c1Br. The van der Waals surface area contributed by atoms with Crippen molar-refractivity contribution in [3.63, 3.8) is 0 Å². The van der Waals surface area contributed by atoms with Crippen LogP contribution in [0.1, 0.15) is 33.3 Å². The van der Waals surface area contributed by atoms with E-state index in [1.807, 2.05) is 39.0 Å². The van der Waals surface area contributed by atoms with Gasteiger partial charge in [-0.2, -0.15) is 0 Å². The second kappa shape index (κ2) is 5.44. The predicted molar refractivity (Wildman–Crippen MR) is 87.2 cm³/mol. The van der Waals surface area contributed by atoms with Gasteiger partial charge in [0.1, 0.15) is 11.6 Å². The maximum absolute atomic E-state index is 12.9. The molecule has 0 aliphatic carbocycles. The molecule has 1 aliphatic rings. The molecule has 0 radical (unpaired) electrons. The minimum Gasteiger partial charge on any atom is -0.340 e. The summed E-state index contributed by atoms with van der Waals surface area (Å²) in [5.74, 6) is -0.174. The molecule has 1 unspecified atom stereocenters. The Morgan fingerprint density at radius 3 is 2.48 bits per heavy atom. The third kappa shape index (κ3) is 2.71. The van der Waals surface area contributed by atoms with Gasteiger partial charge in [-0.1, -0.05) is 26.0 Å². The highest BCUT2D eigenvalue weighted by atomic mass is 79.9. The first-order valence-electron chi connectivity index (χ1n) is 7.07. The first-order valence-corrected chi connectivity index (χ1v) is 7.87. The third-order valence-corrected chi connectivity index (χ3v) is 4.83. The van der Waals surface area contributed by atoms with Crippen LogP contribution in [0.25, 0.3) is 0 Å². The molecular weight excluding hydrogens is 332 g/mol. The van der Waals surface area contributed by atoms with Gasteiger partial charge in [0.2, 0.25) is 5.91 Å². The topological polar surface area (TPSA) is 49.4 Å². The lowest BCUT2D eigenvalue weighted by atomic mass is 9.91. The molecule has 5 heteroatoms. The van der Waals surface area contributed by atoms with Gasteiger partial charge in [-0.15, -0.1) is 0 Å². The maximum Gasteiger partial charge on any atom is 0.252 e. The summed E-state index contributed by atoms with van der Waals surface area (Å²) >= 11 is 3.55.